The first-order valence-corrected chi connectivity index (χ1v) is 8.49. The predicted octanol–water partition coefficient (Wildman–Crippen LogP) is 0.981. The summed E-state index contributed by atoms with van der Waals surface area (Å²) in [6.45, 7) is 8.39. The summed E-state index contributed by atoms with van der Waals surface area (Å²) in [5.74, 6) is 3.32. The molecule has 1 saturated heterocycles. The molecule has 1 N–H and O–H groups in total. The molecule has 9 heteroatoms. The molecular weight excluding hydrogens is 318 g/mol. The Labute approximate surface area is 145 Å². The average molecular weight is 339 g/mol. The van der Waals surface area contributed by atoms with Gasteiger partial charge in [-0.3, -0.25) is 0 Å². The lowest BCUT2D eigenvalue weighted by atomic mass is 10.3. The van der Waals surface area contributed by atoms with Crippen molar-refractivity contribution < 1.29 is 0 Å². The van der Waals surface area contributed by atoms with Gasteiger partial charge in [-0.2, -0.15) is 19.6 Å². The second-order valence-corrected chi connectivity index (χ2v) is 5.97. The number of fused-ring (bicyclic) bond motifs is 1. The van der Waals surface area contributed by atoms with Gasteiger partial charge in [0.2, 0.25) is 5.95 Å². The fourth-order valence-corrected chi connectivity index (χ4v) is 3.07. The quantitative estimate of drug-likeness (QED) is 0.753. The number of hydrogen-bond acceptors (Lipinski definition) is 8. The molecule has 0 amide bonds. The van der Waals surface area contributed by atoms with Gasteiger partial charge in [-0.15, -0.1) is 0 Å². The number of nitrogens with zero attached hydrogens (tertiary/aromatic N) is 8. The standard InChI is InChI=1S/C16H21N9/c1-3-17-15-18-5-4-13(22-15)23-6-8-24(9-7-23)14-10-12(2)21-16-19-11-20-25(14)16/h4-5,10-11H,3,6-9H2,1-2H3,(H,17,18,22). The zero-order valence-electron chi connectivity index (χ0n) is 14.4. The second-order valence-electron chi connectivity index (χ2n) is 5.97. The average Bonchev–Trinajstić information content (AvgIpc) is 3.10. The molecule has 9 nitrogen and oxygen atoms in total. The van der Waals surface area contributed by atoms with Crippen LogP contribution in [0.5, 0.6) is 0 Å². The van der Waals surface area contributed by atoms with Crippen LogP contribution in [0, 0.1) is 6.92 Å². The lowest BCUT2D eigenvalue weighted by molar-refractivity contribution is 0.632. The van der Waals surface area contributed by atoms with Gasteiger partial charge in [0.05, 0.1) is 0 Å². The second kappa shape index (κ2) is 6.50. The maximum absolute atomic E-state index is 4.59. The lowest BCUT2D eigenvalue weighted by Crippen LogP contribution is -2.47. The highest BCUT2D eigenvalue weighted by Crippen LogP contribution is 2.20. The van der Waals surface area contributed by atoms with Crippen molar-refractivity contribution in [1.82, 2.24) is 29.5 Å². The first-order valence-electron chi connectivity index (χ1n) is 8.49. The molecule has 0 unspecified atom stereocenters. The van der Waals surface area contributed by atoms with Crippen molar-refractivity contribution in [2.24, 2.45) is 0 Å². The number of rotatable bonds is 4. The van der Waals surface area contributed by atoms with Crippen molar-refractivity contribution in [3.05, 3.63) is 30.4 Å². The van der Waals surface area contributed by atoms with Crippen molar-refractivity contribution in [2.45, 2.75) is 13.8 Å². The van der Waals surface area contributed by atoms with Crippen LogP contribution in [-0.4, -0.2) is 62.3 Å². The fourth-order valence-electron chi connectivity index (χ4n) is 3.07. The molecule has 0 atom stereocenters. The van der Waals surface area contributed by atoms with Gasteiger partial charge in [0.15, 0.2) is 0 Å². The molecule has 0 spiro atoms. The van der Waals surface area contributed by atoms with E-state index in [0.29, 0.717) is 11.7 Å². The highest BCUT2D eigenvalue weighted by molar-refractivity contribution is 5.50. The van der Waals surface area contributed by atoms with Crippen LogP contribution in [0.1, 0.15) is 12.6 Å². The van der Waals surface area contributed by atoms with E-state index in [2.05, 4.69) is 46.2 Å². The van der Waals surface area contributed by atoms with Gasteiger partial charge in [-0.05, 0) is 19.9 Å². The predicted molar refractivity (Wildman–Crippen MR) is 96.1 cm³/mol. The van der Waals surface area contributed by atoms with Crippen LogP contribution < -0.4 is 15.1 Å². The largest absolute Gasteiger partial charge is 0.354 e. The monoisotopic (exact) mass is 339 g/mol. The van der Waals surface area contributed by atoms with Gasteiger partial charge in [0, 0.05) is 50.7 Å². The maximum Gasteiger partial charge on any atom is 0.254 e. The van der Waals surface area contributed by atoms with E-state index in [1.54, 1.807) is 17.0 Å². The Kier molecular flexibility index (Phi) is 4.04. The van der Waals surface area contributed by atoms with E-state index >= 15 is 0 Å². The van der Waals surface area contributed by atoms with E-state index in [9.17, 15) is 0 Å². The van der Waals surface area contributed by atoms with E-state index < -0.39 is 0 Å². The third kappa shape index (κ3) is 3.04. The Bertz CT molecular complexity index is 867. The lowest BCUT2D eigenvalue weighted by Gasteiger charge is -2.36. The minimum absolute atomic E-state index is 0.642. The summed E-state index contributed by atoms with van der Waals surface area (Å²) in [5, 5.41) is 7.46. The molecule has 0 aliphatic carbocycles. The summed E-state index contributed by atoms with van der Waals surface area (Å²) in [6.07, 6.45) is 3.35. The highest BCUT2D eigenvalue weighted by atomic mass is 15.4. The van der Waals surface area contributed by atoms with E-state index in [0.717, 1.165) is 50.1 Å². The molecule has 4 rings (SSSR count). The van der Waals surface area contributed by atoms with Crippen molar-refractivity contribution >= 4 is 23.4 Å². The van der Waals surface area contributed by atoms with Gasteiger partial charge in [0.1, 0.15) is 18.0 Å². The van der Waals surface area contributed by atoms with Crippen LogP contribution in [-0.2, 0) is 0 Å². The van der Waals surface area contributed by atoms with E-state index in [1.165, 1.54) is 0 Å². The summed E-state index contributed by atoms with van der Waals surface area (Å²) < 4.78 is 1.80. The number of anilines is 3. The Morgan fingerprint density at radius 1 is 1.08 bits per heavy atom. The summed E-state index contributed by atoms with van der Waals surface area (Å²) >= 11 is 0. The van der Waals surface area contributed by atoms with Crippen LogP contribution in [0.4, 0.5) is 17.6 Å². The molecule has 1 aliphatic heterocycles. The van der Waals surface area contributed by atoms with Gasteiger partial charge in [-0.25, -0.2) is 9.97 Å². The number of piperazine rings is 1. The van der Waals surface area contributed by atoms with E-state index in [-0.39, 0.29) is 0 Å². The fraction of sp³-hybridized carbons (Fsp3) is 0.438. The first-order chi connectivity index (χ1) is 12.2. The Balaban J connectivity index is 1.51. The Hall–Kier alpha value is -2.97. The molecule has 0 saturated carbocycles. The minimum atomic E-state index is 0.642. The van der Waals surface area contributed by atoms with Crippen molar-refractivity contribution in [1.29, 1.82) is 0 Å². The van der Waals surface area contributed by atoms with Gasteiger partial charge >= 0.3 is 0 Å². The van der Waals surface area contributed by atoms with Crippen molar-refractivity contribution in [3.63, 3.8) is 0 Å². The first kappa shape index (κ1) is 15.6. The molecule has 3 aromatic heterocycles. The third-order valence-corrected chi connectivity index (χ3v) is 4.26. The molecule has 1 aliphatic rings. The van der Waals surface area contributed by atoms with Crippen LogP contribution >= 0.6 is 0 Å². The van der Waals surface area contributed by atoms with Crippen LogP contribution in [0.2, 0.25) is 0 Å². The molecule has 3 aromatic rings. The van der Waals surface area contributed by atoms with Crippen molar-refractivity contribution in [2.75, 3.05) is 47.8 Å². The van der Waals surface area contributed by atoms with Gasteiger partial charge in [-0.1, -0.05) is 0 Å². The normalized spacial score (nSPS) is 15.0. The molecule has 0 bridgehead atoms. The van der Waals surface area contributed by atoms with Gasteiger partial charge < -0.3 is 15.1 Å². The molecule has 0 aromatic carbocycles. The molecule has 1 fully saturated rings. The molecule has 0 radical (unpaired) electrons. The SMILES string of the molecule is CCNc1nccc(N2CCN(c3cc(C)nc4ncnn34)CC2)n1. The van der Waals surface area contributed by atoms with E-state index in [4.69, 9.17) is 0 Å². The number of hydrogen-bond donors (Lipinski definition) is 1. The zero-order valence-corrected chi connectivity index (χ0v) is 14.4. The smallest absolute Gasteiger partial charge is 0.254 e. The Morgan fingerprint density at radius 3 is 2.68 bits per heavy atom. The summed E-state index contributed by atoms with van der Waals surface area (Å²) in [5.41, 5.74) is 0.948. The number of aromatic nitrogens is 6. The summed E-state index contributed by atoms with van der Waals surface area (Å²) in [7, 11) is 0. The topological polar surface area (TPSA) is 87.4 Å². The highest BCUT2D eigenvalue weighted by Gasteiger charge is 2.21. The molecule has 130 valence electrons. The summed E-state index contributed by atoms with van der Waals surface area (Å²) in [4.78, 5) is 22.0. The zero-order chi connectivity index (χ0) is 17.2. The molecule has 25 heavy (non-hydrogen) atoms. The van der Waals surface area contributed by atoms with E-state index in [1.807, 2.05) is 19.9 Å². The van der Waals surface area contributed by atoms with Crippen LogP contribution in [0.15, 0.2) is 24.7 Å². The summed E-state index contributed by atoms with van der Waals surface area (Å²) in [6, 6.07) is 4.02. The maximum atomic E-state index is 4.59. The Morgan fingerprint density at radius 2 is 1.88 bits per heavy atom. The van der Waals surface area contributed by atoms with Crippen molar-refractivity contribution in [3.8, 4) is 0 Å². The molecule has 4 heterocycles. The third-order valence-electron chi connectivity index (χ3n) is 4.26. The number of nitrogens with one attached hydrogen (secondary N) is 1. The van der Waals surface area contributed by atoms with Crippen LogP contribution in [0.3, 0.4) is 0 Å². The van der Waals surface area contributed by atoms with Gasteiger partial charge in [0.25, 0.3) is 5.78 Å². The molecular formula is C16H21N9. The van der Waals surface area contributed by atoms with Crippen LogP contribution in [0.25, 0.3) is 5.78 Å². The number of aryl methyl sites for hydroxylation is 1. The minimum Gasteiger partial charge on any atom is -0.354 e.